The first-order valence-electron chi connectivity index (χ1n) is 27.0. The van der Waals surface area contributed by atoms with E-state index in [1.54, 1.807) is 59.7 Å². The van der Waals surface area contributed by atoms with Crippen LogP contribution in [0.25, 0.3) is 66.4 Å². The first-order valence-corrected chi connectivity index (χ1v) is 20.8. The van der Waals surface area contributed by atoms with Crippen LogP contribution in [-0.2, 0) is 32.9 Å². The molecule has 0 atom stereocenters. The fraction of sp³-hybridized carbons (Fsp3) is 0.333. The van der Waals surface area contributed by atoms with Gasteiger partial charge in [0.1, 0.15) is 5.58 Å². The molecule has 0 amide bonds. The summed E-state index contributed by atoms with van der Waals surface area (Å²) in [7, 11) is 0. The van der Waals surface area contributed by atoms with Crippen molar-refractivity contribution in [1.82, 2.24) is 9.97 Å². The van der Waals surface area contributed by atoms with Gasteiger partial charge < -0.3 is 14.4 Å². The summed E-state index contributed by atoms with van der Waals surface area (Å²) in [5.41, 5.74) is 5.31. The summed E-state index contributed by atoms with van der Waals surface area (Å²) in [6.45, 7) is 5.90. The van der Waals surface area contributed by atoms with Gasteiger partial charge in [-0.2, -0.15) is 0 Å². The molecule has 1 radical (unpaired) electrons. The Morgan fingerprint density at radius 2 is 1.43 bits per heavy atom. The van der Waals surface area contributed by atoms with Crippen molar-refractivity contribution >= 4 is 32.7 Å². The average molecular weight is 993 g/mol. The third kappa shape index (κ3) is 10.1. The molecule has 3 heterocycles. The van der Waals surface area contributed by atoms with Gasteiger partial charge in [0.15, 0.2) is 0 Å². The molecule has 0 spiro atoms. The van der Waals surface area contributed by atoms with E-state index in [2.05, 4.69) is 52.4 Å². The summed E-state index contributed by atoms with van der Waals surface area (Å²) < 4.78 is 106. The first-order chi connectivity index (χ1) is 33.6. The van der Waals surface area contributed by atoms with Crippen LogP contribution in [0.4, 0.5) is 0 Å². The van der Waals surface area contributed by atoms with Gasteiger partial charge in [-0.05, 0) is 107 Å². The van der Waals surface area contributed by atoms with Gasteiger partial charge in [-0.15, -0.1) is 47.5 Å². The summed E-state index contributed by atoms with van der Waals surface area (Å²) in [5.74, 6) is -0.555. The van der Waals surface area contributed by atoms with E-state index in [1.165, 1.54) is 24.9 Å². The van der Waals surface area contributed by atoms with Crippen molar-refractivity contribution in [2.75, 3.05) is 0 Å². The maximum Gasteiger partial charge on any atom is 0.128 e. The number of aromatic nitrogens is 2. The third-order valence-corrected chi connectivity index (χ3v) is 10.8. The van der Waals surface area contributed by atoms with Gasteiger partial charge in [0.25, 0.3) is 0 Å². The summed E-state index contributed by atoms with van der Waals surface area (Å²) in [4.78, 5) is 8.96. The Bertz CT molecular complexity index is 3290. The van der Waals surface area contributed by atoms with Crippen molar-refractivity contribution in [2.24, 2.45) is 10.8 Å². The van der Waals surface area contributed by atoms with Crippen molar-refractivity contribution in [3.8, 4) is 33.6 Å². The van der Waals surface area contributed by atoms with Crippen molar-refractivity contribution in [1.29, 1.82) is 0 Å². The fourth-order valence-electron chi connectivity index (χ4n) is 7.94. The molecular formula is C57H60IrN2O-2. The predicted octanol–water partition coefficient (Wildman–Crippen LogP) is 16.0. The SMILES string of the molecule is [2H]C([2H])([2H])c1c[c-]c(-c2cc(C([2H])([2H])C(C)(C)C)c(C([2H])([2H])C(C)(C)C)cn2)cc1-c1ccccc1.[2H]Cc1cc(-c2[c-]ccc3c2oc2c4cc(C5([2H])CCCCC5)ccc4ccc32)ncc1C([2H])([2H])[2H].[Ir]. The molecule has 1 saturated carbocycles. The number of nitrogens with zero attached hydrogens (tertiary/aromatic N) is 2. The van der Waals surface area contributed by atoms with E-state index in [0.29, 0.717) is 39.2 Å². The van der Waals surface area contributed by atoms with Gasteiger partial charge in [0, 0.05) is 59.7 Å². The van der Waals surface area contributed by atoms with E-state index in [0.717, 1.165) is 63.9 Å². The number of benzene rings is 5. The zero-order chi connectivity index (χ0) is 52.4. The maximum atomic E-state index is 9.10. The predicted molar refractivity (Wildman–Crippen MR) is 254 cm³/mol. The minimum Gasteiger partial charge on any atom is -0.500 e. The van der Waals surface area contributed by atoms with Gasteiger partial charge in [-0.1, -0.05) is 156 Å². The molecule has 1 fully saturated rings. The molecular weight excluding hydrogens is 921 g/mol. The van der Waals surface area contributed by atoms with E-state index in [9.17, 15) is 0 Å². The molecule has 0 aliphatic heterocycles. The second-order valence-corrected chi connectivity index (χ2v) is 17.9. The second-order valence-electron chi connectivity index (χ2n) is 17.9. The Morgan fingerprint density at radius 1 is 0.705 bits per heavy atom. The molecule has 3 aromatic heterocycles. The Kier molecular flexibility index (Phi) is 9.27. The molecule has 0 saturated heterocycles. The molecule has 9 rings (SSSR count). The Hall–Kier alpha value is -4.89. The first kappa shape index (κ1) is 31.0. The average Bonchev–Trinajstić information content (AvgIpc) is 3.72. The van der Waals surface area contributed by atoms with Gasteiger partial charge in [-0.25, -0.2) is 0 Å². The minimum absolute atomic E-state index is 0. The van der Waals surface area contributed by atoms with Crippen LogP contribution in [0.5, 0.6) is 0 Å². The zero-order valence-corrected chi connectivity index (χ0v) is 38.2. The molecule has 5 aromatic carbocycles. The van der Waals surface area contributed by atoms with E-state index in [-0.39, 0.29) is 49.3 Å². The molecule has 0 bridgehead atoms. The molecule has 1 aliphatic rings. The van der Waals surface area contributed by atoms with Crippen LogP contribution in [0, 0.1) is 43.6 Å². The van der Waals surface area contributed by atoms with Crippen molar-refractivity contribution < 1.29 is 41.0 Å². The van der Waals surface area contributed by atoms with Crippen LogP contribution in [-0.4, -0.2) is 9.97 Å². The molecule has 0 unspecified atom stereocenters. The number of hydrogen-bond acceptors (Lipinski definition) is 3. The normalized spacial score (nSPS) is 17.9. The zero-order valence-electron chi connectivity index (χ0n) is 47.8. The summed E-state index contributed by atoms with van der Waals surface area (Å²) >= 11 is 0. The number of hydrogen-bond donors (Lipinski definition) is 0. The summed E-state index contributed by atoms with van der Waals surface area (Å²) in [6, 6.07) is 36.2. The van der Waals surface area contributed by atoms with E-state index in [1.807, 2.05) is 42.5 Å². The largest absolute Gasteiger partial charge is 0.500 e. The second kappa shape index (κ2) is 18.2. The topological polar surface area (TPSA) is 38.9 Å². The molecule has 4 heteroatoms. The molecule has 61 heavy (non-hydrogen) atoms. The monoisotopic (exact) mass is 994 g/mol. The quantitative estimate of drug-likeness (QED) is 0.156. The van der Waals surface area contributed by atoms with E-state index >= 15 is 0 Å². The number of fused-ring (bicyclic) bond motifs is 5. The third-order valence-electron chi connectivity index (χ3n) is 10.8. The Balaban J connectivity index is 0.000000211. The van der Waals surface area contributed by atoms with Crippen LogP contribution in [0.3, 0.4) is 0 Å². The summed E-state index contributed by atoms with van der Waals surface area (Å²) in [6.07, 6.45) is 4.18. The number of pyridine rings is 2. The summed E-state index contributed by atoms with van der Waals surface area (Å²) in [5, 5.41) is 3.96. The van der Waals surface area contributed by atoms with E-state index in [4.69, 9.17) is 20.9 Å². The van der Waals surface area contributed by atoms with Crippen molar-refractivity contribution in [3.63, 3.8) is 0 Å². The Morgan fingerprint density at radius 3 is 2.16 bits per heavy atom. The van der Waals surface area contributed by atoms with Crippen LogP contribution < -0.4 is 0 Å². The van der Waals surface area contributed by atoms with Crippen LogP contribution in [0.2, 0.25) is 0 Å². The number of rotatable bonds is 6. The molecule has 8 aromatic rings. The van der Waals surface area contributed by atoms with Gasteiger partial charge >= 0.3 is 0 Å². The molecule has 315 valence electrons. The smallest absolute Gasteiger partial charge is 0.128 e. The van der Waals surface area contributed by atoms with Gasteiger partial charge in [-0.3, -0.25) is 0 Å². The standard InChI is InChI=1S/C29H26NO.C28H34N.Ir/c1-18-15-27(30-17-19(18)2)25-10-6-9-23-24-14-13-21-11-12-22(20-7-4-3-5-8-20)16-26(21)29(24)31-28(23)25;1-20-13-14-22(15-25(20)21-11-9-8-10-12-21)26-16-23(17-27(2,3)4)24(19-29-26)18-28(5,6)7;/h6,9,11-17,20H,3-5,7-8H2,1-2H3;8-13,15-16,19H,17-18H2,1-7H3;/q2*-1;/i1D,2D3,20D;1D3,17D2,18D2;. The van der Waals surface area contributed by atoms with Crippen LogP contribution in [0.1, 0.15) is 129 Å². The van der Waals surface area contributed by atoms with Crippen LogP contribution >= 0.6 is 0 Å². The van der Waals surface area contributed by atoms with Crippen LogP contribution in [0.15, 0.2) is 114 Å². The molecule has 3 nitrogen and oxygen atoms in total. The fourth-order valence-corrected chi connectivity index (χ4v) is 7.94. The van der Waals surface area contributed by atoms with E-state index < -0.39 is 43.2 Å². The molecule has 1 aliphatic carbocycles. The minimum atomic E-state index is -2.34. The van der Waals surface area contributed by atoms with Gasteiger partial charge in [0.2, 0.25) is 0 Å². The van der Waals surface area contributed by atoms with Gasteiger partial charge in [0.05, 0.1) is 5.58 Å². The molecule has 0 N–H and O–H groups in total. The Labute approximate surface area is 394 Å². The maximum absolute atomic E-state index is 9.10. The number of aryl methyl sites for hydroxylation is 3. The van der Waals surface area contributed by atoms with Crippen molar-refractivity contribution in [2.45, 2.75) is 113 Å². The van der Waals surface area contributed by atoms with Crippen molar-refractivity contribution in [3.05, 3.63) is 155 Å². The number of furan rings is 1.